The number of carboxylic acid groups (broad SMARTS) is 1. The molecule has 1 aromatic carbocycles. The van der Waals surface area contributed by atoms with E-state index in [0.717, 1.165) is 37.0 Å². The minimum absolute atomic E-state index is 0.113. The van der Waals surface area contributed by atoms with Crippen molar-refractivity contribution in [2.45, 2.75) is 50.1 Å². The van der Waals surface area contributed by atoms with Gasteiger partial charge in [0.1, 0.15) is 0 Å². The molecule has 0 spiro atoms. The third-order valence-corrected chi connectivity index (χ3v) is 6.07. The largest absolute Gasteiger partial charge is 0.479 e. The summed E-state index contributed by atoms with van der Waals surface area (Å²) in [5, 5.41) is 15.3. The highest BCUT2D eigenvalue weighted by molar-refractivity contribution is 5.84. The molecule has 0 saturated heterocycles. The zero-order valence-electron chi connectivity index (χ0n) is 13.7. The SMILES string of the molecule is O=C(NC(C(=O)O)c1ccccc1)NC12CC3CC(CC(C3)C1)C2. The van der Waals surface area contributed by atoms with Crippen molar-refractivity contribution in [3.63, 3.8) is 0 Å². The van der Waals surface area contributed by atoms with Gasteiger partial charge >= 0.3 is 12.0 Å². The van der Waals surface area contributed by atoms with Crippen molar-refractivity contribution in [1.82, 2.24) is 10.6 Å². The third kappa shape index (κ3) is 2.87. The number of carbonyl (C=O) groups excluding carboxylic acids is 1. The molecular weight excluding hydrogens is 304 g/mol. The van der Waals surface area contributed by atoms with Gasteiger partial charge < -0.3 is 15.7 Å². The molecule has 4 aliphatic rings. The first-order valence-corrected chi connectivity index (χ1v) is 8.89. The Labute approximate surface area is 141 Å². The van der Waals surface area contributed by atoms with E-state index in [9.17, 15) is 14.7 Å². The van der Waals surface area contributed by atoms with Gasteiger partial charge in [-0.15, -0.1) is 0 Å². The van der Waals surface area contributed by atoms with Crippen LogP contribution in [0.25, 0.3) is 0 Å². The van der Waals surface area contributed by atoms with Gasteiger partial charge in [-0.05, 0) is 61.8 Å². The average molecular weight is 328 g/mol. The van der Waals surface area contributed by atoms with E-state index < -0.39 is 12.0 Å². The fourth-order valence-corrected chi connectivity index (χ4v) is 5.60. The lowest BCUT2D eigenvalue weighted by Gasteiger charge is -2.56. The number of benzene rings is 1. The van der Waals surface area contributed by atoms with Crippen molar-refractivity contribution in [1.29, 1.82) is 0 Å². The van der Waals surface area contributed by atoms with Gasteiger partial charge in [-0.2, -0.15) is 0 Å². The number of nitrogens with one attached hydrogen (secondary N) is 2. The fraction of sp³-hybridized carbons (Fsp3) is 0.579. The van der Waals surface area contributed by atoms with E-state index in [-0.39, 0.29) is 11.6 Å². The lowest BCUT2D eigenvalue weighted by Crippen LogP contribution is -2.61. The number of rotatable bonds is 4. The normalized spacial score (nSPS) is 34.6. The molecule has 1 atom stereocenters. The molecular formula is C19H24N2O3. The van der Waals surface area contributed by atoms with Crippen LogP contribution < -0.4 is 10.6 Å². The second-order valence-corrected chi connectivity index (χ2v) is 7.98. The maximum atomic E-state index is 12.5. The van der Waals surface area contributed by atoms with Crippen molar-refractivity contribution in [3.05, 3.63) is 35.9 Å². The Bertz CT molecular complexity index is 608. The van der Waals surface area contributed by atoms with Gasteiger partial charge in [0.25, 0.3) is 0 Å². The Kier molecular flexibility index (Phi) is 3.74. The predicted molar refractivity (Wildman–Crippen MR) is 89.4 cm³/mol. The molecule has 2 amide bonds. The quantitative estimate of drug-likeness (QED) is 0.795. The minimum Gasteiger partial charge on any atom is -0.479 e. The van der Waals surface area contributed by atoms with Gasteiger partial charge in [0.15, 0.2) is 6.04 Å². The minimum atomic E-state index is -1.04. The molecule has 1 aromatic rings. The fourth-order valence-electron chi connectivity index (χ4n) is 5.60. The number of aliphatic carboxylic acids is 1. The number of hydrogen-bond donors (Lipinski definition) is 3. The molecule has 1 unspecified atom stereocenters. The standard InChI is InChI=1S/C19H24N2O3/c22-17(23)16(15-4-2-1-3-5-15)20-18(24)21-19-9-12-6-13(10-19)8-14(7-12)11-19/h1-5,12-14,16H,6-11H2,(H,22,23)(H2,20,21,24). The van der Waals surface area contributed by atoms with Gasteiger partial charge in [-0.1, -0.05) is 30.3 Å². The Balaban J connectivity index is 1.45. The van der Waals surface area contributed by atoms with Gasteiger partial charge in [0, 0.05) is 5.54 Å². The van der Waals surface area contributed by atoms with E-state index in [2.05, 4.69) is 10.6 Å². The Hall–Kier alpha value is -2.04. The van der Waals surface area contributed by atoms with Crippen LogP contribution in [0.3, 0.4) is 0 Å². The van der Waals surface area contributed by atoms with Crippen LogP contribution in [-0.4, -0.2) is 22.6 Å². The summed E-state index contributed by atoms with van der Waals surface area (Å²) in [5.41, 5.74) is 0.476. The maximum absolute atomic E-state index is 12.5. The van der Waals surface area contributed by atoms with Crippen LogP contribution in [-0.2, 0) is 4.79 Å². The van der Waals surface area contributed by atoms with Crippen LogP contribution in [0.2, 0.25) is 0 Å². The second-order valence-electron chi connectivity index (χ2n) is 7.98. The summed E-state index contributed by atoms with van der Waals surface area (Å²) in [6.45, 7) is 0. The van der Waals surface area contributed by atoms with Crippen molar-refractivity contribution < 1.29 is 14.7 Å². The molecule has 0 aromatic heterocycles. The van der Waals surface area contributed by atoms with E-state index in [0.29, 0.717) is 5.56 Å². The highest BCUT2D eigenvalue weighted by Crippen LogP contribution is 2.55. The summed E-state index contributed by atoms with van der Waals surface area (Å²) < 4.78 is 0. The lowest BCUT2D eigenvalue weighted by molar-refractivity contribution is -0.139. The van der Waals surface area contributed by atoms with Crippen molar-refractivity contribution in [3.8, 4) is 0 Å². The van der Waals surface area contributed by atoms with Crippen molar-refractivity contribution in [2.24, 2.45) is 17.8 Å². The Morgan fingerprint density at radius 2 is 1.54 bits per heavy atom. The first-order valence-electron chi connectivity index (χ1n) is 8.89. The number of carbonyl (C=O) groups is 2. The number of amides is 2. The third-order valence-electron chi connectivity index (χ3n) is 6.07. The maximum Gasteiger partial charge on any atom is 0.330 e. The first kappa shape index (κ1) is 15.5. The molecule has 0 heterocycles. The van der Waals surface area contributed by atoms with E-state index in [1.165, 1.54) is 19.3 Å². The van der Waals surface area contributed by atoms with Gasteiger partial charge in [-0.25, -0.2) is 9.59 Å². The van der Waals surface area contributed by atoms with Crippen LogP contribution >= 0.6 is 0 Å². The molecule has 5 nitrogen and oxygen atoms in total. The summed E-state index contributed by atoms with van der Waals surface area (Å²) in [6.07, 6.45) is 7.08. The van der Waals surface area contributed by atoms with Crippen LogP contribution in [0.5, 0.6) is 0 Å². The first-order chi connectivity index (χ1) is 11.5. The predicted octanol–water partition coefficient (Wildman–Crippen LogP) is 3.08. The summed E-state index contributed by atoms with van der Waals surface area (Å²) >= 11 is 0. The molecule has 0 aliphatic heterocycles. The molecule has 4 bridgehead atoms. The van der Waals surface area contributed by atoms with Crippen LogP contribution in [0.1, 0.15) is 50.1 Å². The molecule has 5 heteroatoms. The molecule has 4 fully saturated rings. The molecule has 4 aliphatic carbocycles. The van der Waals surface area contributed by atoms with Gasteiger partial charge in [0.05, 0.1) is 0 Å². The summed E-state index contributed by atoms with van der Waals surface area (Å²) in [5.74, 6) is 1.17. The summed E-state index contributed by atoms with van der Waals surface area (Å²) in [4.78, 5) is 24.1. The van der Waals surface area contributed by atoms with Crippen LogP contribution in [0.4, 0.5) is 4.79 Å². The van der Waals surface area contributed by atoms with Gasteiger partial charge in [0.2, 0.25) is 0 Å². The second kappa shape index (κ2) is 5.80. The van der Waals surface area contributed by atoms with E-state index in [1.54, 1.807) is 24.3 Å². The smallest absolute Gasteiger partial charge is 0.330 e. The molecule has 0 radical (unpaired) electrons. The van der Waals surface area contributed by atoms with Crippen molar-refractivity contribution >= 4 is 12.0 Å². The zero-order chi connectivity index (χ0) is 16.7. The Morgan fingerprint density at radius 1 is 1.00 bits per heavy atom. The van der Waals surface area contributed by atoms with Crippen LogP contribution in [0, 0.1) is 17.8 Å². The summed E-state index contributed by atoms with van der Waals surface area (Å²) in [7, 11) is 0. The average Bonchev–Trinajstić information content (AvgIpc) is 2.51. The monoisotopic (exact) mass is 328 g/mol. The molecule has 24 heavy (non-hydrogen) atoms. The zero-order valence-corrected chi connectivity index (χ0v) is 13.7. The highest BCUT2D eigenvalue weighted by atomic mass is 16.4. The molecule has 5 rings (SSSR count). The van der Waals surface area contributed by atoms with E-state index >= 15 is 0 Å². The lowest BCUT2D eigenvalue weighted by atomic mass is 9.53. The number of carboxylic acids is 1. The number of urea groups is 1. The van der Waals surface area contributed by atoms with Crippen molar-refractivity contribution in [2.75, 3.05) is 0 Å². The van der Waals surface area contributed by atoms with Crippen LogP contribution in [0.15, 0.2) is 30.3 Å². The van der Waals surface area contributed by atoms with E-state index in [1.807, 2.05) is 6.07 Å². The Morgan fingerprint density at radius 3 is 2.04 bits per heavy atom. The molecule has 4 saturated carbocycles. The molecule has 3 N–H and O–H groups in total. The summed E-state index contributed by atoms with van der Waals surface area (Å²) in [6, 6.07) is 7.48. The van der Waals surface area contributed by atoms with Gasteiger partial charge in [-0.3, -0.25) is 0 Å². The molecule has 128 valence electrons. The topological polar surface area (TPSA) is 78.4 Å². The number of hydrogen-bond acceptors (Lipinski definition) is 2. The van der Waals surface area contributed by atoms with E-state index in [4.69, 9.17) is 0 Å². The highest BCUT2D eigenvalue weighted by Gasteiger charge is 2.51.